The molecule has 4 nitrogen and oxygen atoms in total. The Morgan fingerprint density at radius 2 is 2.05 bits per heavy atom. The van der Waals surface area contributed by atoms with Gasteiger partial charge in [-0.1, -0.05) is 0 Å². The molecule has 0 radical (unpaired) electrons. The second-order valence-electron chi connectivity index (χ2n) is 5.00. The molecule has 102 valence electrons. The van der Waals surface area contributed by atoms with E-state index in [1.165, 1.54) is 0 Å². The first kappa shape index (κ1) is 13.7. The van der Waals surface area contributed by atoms with E-state index >= 15 is 0 Å². The zero-order chi connectivity index (χ0) is 13.7. The molecule has 0 aliphatic heterocycles. The first-order valence-corrected chi connectivity index (χ1v) is 6.57. The van der Waals surface area contributed by atoms with Crippen LogP contribution in [0.15, 0.2) is 24.3 Å². The van der Waals surface area contributed by atoms with Crippen LogP contribution in [-0.2, 0) is 4.74 Å². The monoisotopic (exact) mass is 260 g/mol. The molecular formula is C15H20N2O2. The van der Waals surface area contributed by atoms with Gasteiger partial charge in [-0.15, -0.1) is 0 Å². The number of nitrogens with one attached hydrogen (secondary N) is 1. The molecule has 0 amide bonds. The van der Waals surface area contributed by atoms with E-state index in [-0.39, 0.29) is 6.10 Å². The largest absolute Gasteiger partial charge is 0.497 e. The van der Waals surface area contributed by atoms with Crippen LogP contribution in [0.2, 0.25) is 0 Å². The molecule has 0 saturated heterocycles. The second kappa shape index (κ2) is 5.94. The average Bonchev–Trinajstić information content (AvgIpc) is 2.48. The van der Waals surface area contributed by atoms with Crippen molar-refractivity contribution < 1.29 is 9.47 Å². The van der Waals surface area contributed by atoms with Gasteiger partial charge in [0.05, 0.1) is 19.3 Å². The predicted molar refractivity (Wildman–Crippen MR) is 74.2 cm³/mol. The molecule has 4 heteroatoms. The Hall–Kier alpha value is -1.73. The van der Waals surface area contributed by atoms with Crippen LogP contribution in [0.4, 0.5) is 5.69 Å². The van der Waals surface area contributed by atoms with Crippen LogP contribution in [0.25, 0.3) is 0 Å². The van der Waals surface area contributed by atoms with Crippen LogP contribution in [0.5, 0.6) is 5.75 Å². The Kier molecular flexibility index (Phi) is 4.28. The molecule has 0 spiro atoms. The smallest absolute Gasteiger partial charge is 0.127 e. The van der Waals surface area contributed by atoms with Gasteiger partial charge in [-0.2, -0.15) is 5.26 Å². The molecule has 1 saturated carbocycles. The molecule has 1 aliphatic carbocycles. The molecule has 2 atom stereocenters. The van der Waals surface area contributed by atoms with Crippen molar-refractivity contribution in [2.75, 3.05) is 19.5 Å². The predicted octanol–water partition coefficient (Wildman–Crippen LogP) is 2.96. The number of ether oxygens (including phenoxy) is 2. The van der Waals surface area contributed by atoms with E-state index < -0.39 is 5.54 Å². The molecule has 1 N–H and O–H groups in total. The minimum absolute atomic E-state index is 0.166. The highest BCUT2D eigenvalue weighted by atomic mass is 16.5. The van der Waals surface area contributed by atoms with Crippen molar-refractivity contribution >= 4 is 5.69 Å². The van der Waals surface area contributed by atoms with E-state index in [0.29, 0.717) is 0 Å². The summed E-state index contributed by atoms with van der Waals surface area (Å²) in [4.78, 5) is 0. The molecule has 1 aromatic rings. The molecule has 1 aliphatic rings. The Morgan fingerprint density at radius 3 is 2.63 bits per heavy atom. The molecule has 2 rings (SSSR count). The van der Waals surface area contributed by atoms with E-state index in [1.54, 1.807) is 14.2 Å². The lowest BCUT2D eigenvalue weighted by molar-refractivity contribution is 0.0569. The van der Waals surface area contributed by atoms with E-state index in [0.717, 1.165) is 37.1 Å². The van der Waals surface area contributed by atoms with Crippen LogP contribution >= 0.6 is 0 Å². The molecule has 1 fully saturated rings. The number of methoxy groups -OCH3 is 2. The van der Waals surface area contributed by atoms with E-state index in [4.69, 9.17) is 9.47 Å². The summed E-state index contributed by atoms with van der Waals surface area (Å²) in [5.74, 6) is 0.815. The third kappa shape index (κ3) is 3.18. The number of nitrogens with zero attached hydrogens (tertiary/aromatic N) is 1. The van der Waals surface area contributed by atoms with Gasteiger partial charge in [0.1, 0.15) is 11.3 Å². The molecular weight excluding hydrogens is 240 g/mol. The lowest BCUT2D eigenvalue weighted by atomic mass is 9.81. The topological polar surface area (TPSA) is 54.3 Å². The van der Waals surface area contributed by atoms with E-state index in [2.05, 4.69) is 11.4 Å². The normalized spacial score (nSPS) is 26.5. The number of hydrogen-bond donors (Lipinski definition) is 1. The fourth-order valence-electron chi connectivity index (χ4n) is 2.62. The first-order chi connectivity index (χ1) is 9.21. The highest BCUT2D eigenvalue weighted by Crippen LogP contribution is 2.33. The molecule has 2 unspecified atom stereocenters. The van der Waals surface area contributed by atoms with Crippen molar-refractivity contribution in [1.29, 1.82) is 5.26 Å². The maximum atomic E-state index is 9.52. The quantitative estimate of drug-likeness (QED) is 0.904. The highest BCUT2D eigenvalue weighted by molar-refractivity contribution is 5.50. The maximum Gasteiger partial charge on any atom is 0.127 e. The number of hydrogen-bond acceptors (Lipinski definition) is 4. The van der Waals surface area contributed by atoms with Crippen molar-refractivity contribution in [3.63, 3.8) is 0 Å². The number of benzene rings is 1. The number of anilines is 1. The van der Waals surface area contributed by atoms with Crippen LogP contribution in [0.3, 0.4) is 0 Å². The lowest BCUT2D eigenvalue weighted by Crippen LogP contribution is -2.43. The summed E-state index contributed by atoms with van der Waals surface area (Å²) >= 11 is 0. The van der Waals surface area contributed by atoms with Gasteiger partial charge in [-0.05, 0) is 43.5 Å². The molecule has 0 heterocycles. The summed E-state index contributed by atoms with van der Waals surface area (Å²) in [7, 11) is 3.36. The van der Waals surface area contributed by atoms with Gasteiger partial charge in [0.15, 0.2) is 0 Å². The van der Waals surface area contributed by atoms with Gasteiger partial charge in [-0.25, -0.2) is 0 Å². The van der Waals surface area contributed by atoms with Gasteiger partial charge in [0, 0.05) is 19.2 Å². The molecule has 1 aromatic carbocycles. The van der Waals surface area contributed by atoms with Crippen LogP contribution in [0, 0.1) is 11.3 Å². The molecule has 19 heavy (non-hydrogen) atoms. The standard InChI is InChI=1S/C15H20N2O2/c1-18-13-7-5-12(6-8-13)17-15(11-16)9-3-4-14(10-15)19-2/h5-8,14,17H,3-4,9-10H2,1-2H3. The average molecular weight is 260 g/mol. The van der Waals surface area contributed by atoms with Gasteiger partial charge in [0.2, 0.25) is 0 Å². The minimum Gasteiger partial charge on any atom is -0.497 e. The van der Waals surface area contributed by atoms with E-state index in [1.807, 2.05) is 24.3 Å². The summed E-state index contributed by atoms with van der Waals surface area (Å²) in [5.41, 5.74) is 0.423. The molecule has 0 aromatic heterocycles. The zero-order valence-corrected chi connectivity index (χ0v) is 11.5. The van der Waals surface area contributed by atoms with Crippen LogP contribution in [-0.4, -0.2) is 25.9 Å². The zero-order valence-electron chi connectivity index (χ0n) is 11.5. The van der Waals surface area contributed by atoms with Gasteiger partial charge in [0.25, 0.3) is 0 Å². The van der Waals surface area contributed by atoms with Crippen molar-refractivity contribution in [2.24, 2.45) is 0 Å². The van der Waals surface area contributed by atoms with Crippen LogP contribution in [0.1, 0.15) is 25.7 Å². The van der Waals surface area contributed by atoms with Crippen LogP contribution < -0.4 is 10.1 Å². The summed E-state index contributed by atoms with van der Waals surface area (Å²) in [5, 5.41) is 12.9. The second-order valence-corrected chi connectivity index (χ2v) is 5.00. The van der Waals surface area contributed by atoms with Crippen molar-refractivity contribution in [1.82, 2.24) is 0 Å². The Bertz CT molecular complexity index is 452. The summed E-state index contributed by atoms with van der Waals surface area (Å²) in [6, 6.07) is 10.1. The highest BCUT2D eigenvalue weighted by Gasteiger charge is 2.36. The molecule has 0 bridgehead atoms. The van der Waals surface area contributed by atoms with Gasteiger partial charge < -0.3 is 14.8 Å². The Labute approximate surface area is 114 Å². The Morgan fingerprint density at radius 1 is 1.32 bits per heavy atom. The van der Waals surface area contributed by atoms with Gasteiger partial charge in [-0.3, -0.25) is 0 Å². The fraction of sp³-hybridized carbons (Fsp3) is 0.533. The Balaban J connectivity index is 2.11. The van der Waals surface area contributed by atoms with E-state index in [9.17, 15) is 5.26 Å². The van der Waals surface area contributed by atoms with Crippen molar-refractivity contribution in [3.8, 4) is 11.8 Å². The summed E-state index contributed by atoms with van der Waals surface area (Å²) in [6.07, 6.45) is 3.79. The third-order valence-corrected chi connectivity index (χ3v) is 3.73. The van der Waals surface area contributed by atoms with Crippen molar-refractivity contribution in [2.45, 2.75) is 37.3 Å². The van der Waals surface area contributed by atoms with Gasteiger partial charge >= 0.3 is 0 Å². The fourth-order valence-corrected chi connectivity index (χ4v) is 2.62. The SMILES string of the molecule is COc1ccc(NC2(C#N)CCCC(OC)C2)cc1. The number of nitriles is 1. The summed E-state index contributed by atoms with van der Waals surface area (Å²) < 4.78 is 10.5. The number of rotatable bonds is 4. The van der Waals surface area contributed by atoms with Crippen molar-refractivity contribution in [3.05, 3.63) is 24.3 Å². The minimum atomic E-state index is -0.520. The first-order valence-electron chi connectivity index (χ1n) is 6.57. The third-order valence-electron chi connectivity index (χ3n) is 3.73. The lowest BCUT2D eigenvalue weighted by Gasteiger charge is -2.36. The maximum absolute atomic E-state index is 9.52. The summed E-state index contributed by atoms with van der Waals surface area (Å²) in [6.45, 7) is 0.